The number of allylic oxidation sites excluding steroid dienone is 3. The number of esters is 3. The topological polar surface area (TPSA) is 108 Å². The van der Waals surface area contributed by atoms with Crippen LogP contribution in [0.15, 0.2) is 30.4 Å². The minimum atomic E-state index is -0.823. The molecule has 8 nitrogen and oxygen atoms in total. The summed E-state index contributed by atoms with van der Waals surface area (Å²) in [5.41, 5.74) is -0.143. The van der Waals surface area contributed by atoms with E-state index < -0.39 is 24.0 Å². The molecule has 1 fully saturated rings. The summed E-state index contributed by atoms with van der Waals surface area (Å²) < 4.78 is 21.3. The van der Waals surface area contributed by atoms with Gasteiger partial charge in [-0.15, -0.1) is 0 Å². The third-order valence-corrected chi connectivity index (χ3v) is 4.96. The molecule has 0 N–H and O–H groups in total. The van der Waals surface area contributed by atoms with Crippen LogP contribution in [0.5, 0.6) is 11.5 Å². The van der Waals surface area contributed by atoms with Crippen LogP contribution in [0.4, 0.5) is 0 Å². The molecule has 0 saturated carbocycles. The first-order valence-electron chi connectivity index (χ1n) is 9.62. The van der Waals surface area contributed by atoms with Gasteiger partial charge in [-0.1, -0.05) is 29.8 Å². The van der Waals surface area contributed by atoms with Gasteiger partial charge in [-0.2, -0.15) is 0 Å². The maximum atomic E-state index is 13.0. The second-order valence-electron chi connectivity index (χ2n) is 7.21. The van der Waals surface area contributed by atoms with Gasteiger partial charge < -0.3 is 18.9 Å². The largest absolute Gasteiger partial charge is 0.459 e. The van der Waals surface area contributed by atoms with Gasteiger partial charge in [0.25, 0.3) is 0 Å². The number of ketones is 1. The number of ether oxygens (including phenoxy) is 4. The predicted molar refractivity (Wildman–Crippen MR) is 109 cm³/mol. The van der Waals surface area contributed by atoms with E-state index in [1.807, 2.05) is 6.08 Å². The van der Waals surface area contributed by atoms with Crippen molar-refractivity contribution >= 4 is 35.3 Å². The molecule has 164 valence electrons. The summed E-state index contributed by atoms with van der Waals surface area (Å²) in [6, 6.07) is 1.15. The zero-order valence-electron chi connectivity index (χ0n) is 17.2. The molecule has 2 aliphatic rings. The van der Waals surface area contributed by atoms with Crippen LogP contribution in [-0.4, -0.2) is 42.0 Å². The number of rotatable bonds is 2. The highest BCUT2D eigenvalue weighted by Gasteiger charge is 2.38. The van der Waals surface area contributed by atoms with E-state index in [-0.39, 0.29) is 52.1 Å². The lowest BCUT2D eigenvalue weighted by atomic mass is 9.99. The Balaban J connectivity index is 2.13. The van der Waals surface area contributed by atoms with Crippen LogP contribution in [0.25, 0.3) is 0 Å². The van der Waals surface area contributed by atoms with Crippen molar-refractivity contribution in [2.45, 2.75) is 51.9 Å². The molecular weight excluding hydrogens is 428 g/mol. The Hall–Kier alpha value is -2.97. The van der Waals surface area contributed by atoms with E-state index in [1.165, 1.54) is 6.08 Å². The molecule has 0 amide bonds. The normalized spacial score (nSPS) is 23.2. The summed E-state index contributed by atoms with van der Waals surface area (Å²) >= 11 is 6.39. The summed E-state index contributed by atoms with van der Waals surface area (Å²) in [6.07, 6.45) is 5.81. The molecule has 3 atom stereocenters. The van der Waals surface area contributed by atoms with Crippen molar-refractivity contribution in [2.75, 3.05) is 0 Å². The van der Waals surface area contributed by atoms with E-state index >= 15 is 0 Å². The van der Waals surface area contributed by atoms with E-state index in [9.17, 15) is 19.2 Å². The molecule has 9 heteroatoms. The van der Waals surface area contributed by atoms with Crippen LogP contribution in [-0.2, 0) is 30.3 Å². The Labute approximate surface area is 183 Å². The summed E-state index contributed by atoms with van der Waals surface area (Å²) in [5, 5.41) is -0.124. The maximum Gasteiger partial charge on any atom is 0.342 e. The summed E-state index contributed by atoms with van der Waals surface area (Å²) in [6.45, 7) is 4.02. The summed E-state index contributed by atoms with van der Waals surface area (Å²) in [7, 11) is 0. The molecule has 2 aliphatic heterocycles. The Morgan fingerprint density at radius 3 is 2.45 bits per heavy atom. The highest BCUT2D eigenvalue weighted by atomic mass is 35.5. The van der Waals surface area contributed by atoms with Crippen molar-refractivity contribution in [3.63, 3.8) is 0 Å². The molecule has 1 aromatic carbocycles. The molecule has 3 unspecified atom stereocenters. The number of halogens is 1. The van der Waals surface area contributed by atoms with Gasteiger partial charge in [-0.25, -0.2) is 4.79 Å². The molecular formula is C22H21ClO8. The summed E-state index contributed by atoms with van der Waals surface area (Å²) in [5.74, 6) is -2.96. The quantitative estimate of drug-likeness (QED) is 0.385. The Bertz CT molecular complexity index is 994. The van der Waals surface area contributed by atoms with Gasteiger partial charge in [-0.05, 0) is 13.0 Å². The first-order valence-corrected chi connectivity index (χ1v) is 9.99. The fourth-order valence-electron chi connectivity index (χ4n) is 3.22. The monoisotopic (exact) mass is 448 g/mol. The zero-order chi connectivity index (χ0) is 22.7. The van der Waals surface area contributed by atoms with Crippen molar-refractivity contribution in [1.82, 2.24) is 0 Å². The fourth-order valence-corrected chi connectivity index (χ4v) is 3.47. The maximum absolute atomic E-state index is 13.0. The lowest BCUT2D eigenvalue weighted by Gasteiger charge is -2.19. The van der Waals surface area contributed by atoms with Gasteiger partial charge in [0.05, 0.1) is 11.1 Å². The third kappa shape index (κ3) is 5.80. The molecule has 3 rings (SSSR count). The van der Waals surface area contributed by atoms with E-state index in [1.54, 1.807) is 19.1 Å². The number of fused-ring (bicyclic) bond motifs is 2. The molecule has 1 aromatic rings. The molecule has 0 aromatic heterocycles. The van der Waals surface area contributed by atoms with Crippen LogP contribution < -0.4 is 9.47 Å². The highest BCUT2D eigenvalue weighted by Crippen LogP contribution is 2.39. The summed E-state index contributed by atoms with van der Waals surface area (Å²) in [4.78, 5) is 48.7. The van der Waals surface area contributed by atoms with Gasteiger partial charge in [0, 0.05) is 38.3 Å². The minimum absolute atomic E-state index is 0.0325. The first kappa shape index (κ1) is 22.7. The molecule has 0 bridgehead atoms. The lowest BCUT2D eigenvalue weighted by molar-refractivity contribution is -0.132. The van der Waals surface area contributed by atoms with Crippen molar-refractivity contribution in [3.05, 3.63) is 46.5 Å². The Kier molecular flexibility index (Phi) is 6.92. The van der Waals surface area contributed by atoms with Crippen LogP contribution in [0.1, 0.15) is 43.1 Å². The molecule has 1 saturated heterocycles. The smallest absolute Gasteiger partial charge is 0.342 e. The van der Waals surface area contributed by atoms with Gasteiger partial charge >= 0.3 is 17.9 Å². The SMILES string of the molecule is CC(=O)Oc1cc(OC(C)=O)c2c(c1Cl)CC(=O)C=CC=CC1OC1CC(C)OC2=O. The van der Waals surface area contributed by atoms with Crippen LogP contribution >= 0.6 is 11.6 Å². The molecule has 0 aliphatic carbocycles. The number of cyclic esters (lactones) is 1. The lowest BCUT2D eigenvalue weighted by Crippen LogP contribution is -2.21. The van der Waals surface area contributed by atoms with E-state index in [4.69, 9.17) is 30.5 Å². The number of benzene rings is 1. The predicted octanol–water partition coefficient (Wildman–Crippen LogP) is 3.13. The van der Waals surface area contributed by atoms with Crippen molar-refractivity contribution < 1.29 is 38.1 Å². The fraction of sp³-hybridized carbons (Fsp3) is 0.364. The van der Waals surface area contributed by atoms with Crippen LogP contribution in [0.2, 0.25) is 5.02 Å². The van der Waals surface area contributed by atoms with E-state index in [2.05, 4.69) is 0 Å². The zero-order valence-corrected chi connectivity index (χ0v) is 17.9. The van der Waals surface area contributed by atoms with Gasteiger partial charge in [0.15, 0.2) is 11.5 Å². The van der Waals surface area contributed by atoms with E-state index in [0.717, 1.165) is 19.9 Å². The Morgan fingerprint density at radius 2 is 1.77 bits per heavy atom. The van der Waals surface area contributed by atoms with Gasteiger partial charge in [-0.3, -0.25) is 14.4 Å². The van der Waals surface area contributed by atoms with Crippen LogP contribution in [0, 0.1) is 0 Å². The average molecular weight is 449 g/mol. The molecule has 0 radical (unpaired) electrons. The molecule has 2 heterocycles. The van der Waals surface area contributed by atoms with Crippen LogP contribution in [0.3, 0.4) is 0 Å². The third-order valence-electron chi connectivity index (χ3n) is 4.54. The highest BCUT2D eigenvalue weighted by molar-refractivity contribution is 6.34. The standard InChI is InChI=1S/C22H21ClO8/c1-11-8-17-16(31-17)7-5-4-6-14(26)9-15-20(22(27)28-11)18(29-12(2)24)10-19(21(15)23)30-13(3)25/h4-7,10-11,16-17H,8-9H2,1-3H3. The molecule has 0 spiro atoms. The second kappa shape index (κ2) is 9.45. The number of carbonyl (C=O) groups excluding carboxylic acids is 4. The number of epoxide rings is 1. The Morgan fingerprint density at radius 1 is 1.10 bits per heavy atom. The average Bonchev–Trinajstić information content (AvgIpc) is 3.38. The van der Waals surface area contributed by atoms with Crippen molar-refractivity contribution in [3.8, 4) is 11.5 Å². The van der Waals surface area contributed by atoms with Crippen molar-refractivity contribution in [1.29, 1.82) is 0 Å². The number of hydrogen-bond acceptors (Lipinski definition) is 8. The van der Waals surface area contributed by atoms with Gasteiger partial charge in [0.2, 0.25) is 0 Å². The first-order chi connectivity index (χ1) is 14.7. The number of carbonyl (C=O) groups is 4. The van der Waals surface area contributed by atoms with Gasteiger partial charge in [0.1, 0.15) is 23.5 Å². The van der Waals surface area contributed by atoms with E-state index in [0.29, 0.717) is 6.42 Å². The van der Waals surface area contributed by atoms with Crippen molar-refractivity contribution in [2.24, 2.45) is 0 Å². The number of hydrogen-bond donors (Lipinski definition) is 0. The molecule has 31 heavy (non-hydrogen) atoms. The second-order valence-corrected chi connectivity index (χ2v) is 7.58. The minimum Gasteiger partial charge on any atom is -0.459 e.